The molecule has 0 bridgehead atoms. The van der Waals surface area contributed by atoms with Crippen molar-refractivity contribution in [3.63, 3.8) is 0 Å². The Hall–Kier alpha value is -2.01. The van der Waals surface area contributed by atoms with E-state index in [4.69, 9.17) is 15.2 Å². The van der Waals surface area contributed by atoms with Crippen LogP contribution in [0.4, 0.5) is 0 Å². The topological polar surface area (TPSA) is 62.3 Å². The van der Waals surface area contributed by atoms with Crippen molar-refractivity contribution in [3.8, 4) is 22.8 Å². The summed E-state index contributed by atoms with van der Waals surface area (Å²) < 4.78 is 12.3. The Morgan fingerprint density at radius 3 is 2.56 bits per heavy atom. The highest BCUT2D eigenvalue weighted by Crippen LogP contribution is 2.32. The predicted molar refractivity (Wildman–Crippen MR) is 69.6 cm³/mol. The van der Waals surface area contributed by atoms with Crippen molar-refractivity contribution < 1.29 is 9.47 Å². The van der Waals surface area contributed by atoms with Gasteiger partial charge >= 0.3 is 0 Å². The third-order valence-electron chi connectivity index (χ3n) is 2.87. The molecule has 2 rings (SSSR count). The second-order valence-corrected chi connectivity index (χ2v) is 3.91. The molecule has 0 amide bonds. The number of aromatic nitrogens is 2. The van der Waals surface area contributed by atoms with E-state index in [0.717, 1.165) is 28.5 Å². The van der Waals surface area contributed by atoms with Gasteiger partial charge in [-0.3, -0.25) is 4.68 Å². The fraction of sp³-hybridized carbons (Fsp3) is 0.308. The number of nitrogens with zero attached hydrogens (tertiary/aromatic N) is 2. The Morgan fingerprint density at radius 2 is 2.00 bits per heavy atom. The highest BCUT2D eigenvalue weighted by molar-refractivity contribution is 5.69. The first kappa shape index (κ1) is 12.4. The van der Waals surface area contributed by atoms with Crippen molar-refractivity contribution in [1.29, 1.82) is 0 Å². The summed E-state index contributed by atoms with van der Waals surface area (Å²) in [5.41, 5.74) is 8.34. The number of hydrogen-bond donors (Lipinski definition) is 1. The maximum Gasteiger partial charge on any atom is 0.128 e. The Kier molecular flexibility index (Phi) is 3.53. The number of aryl methyl sites for hydroxylation is 1. The molecule has 0 spiro atoms. The fourth-order valence-electron chi connectivity index (χ4n) is 1.84. The van der Waals surface area contributed by atoms with Crippen molar-refractivity contribution in [2.24, 2.45) is 12.8 Å². The van der Waals surface area contributed by atoms with Crippen LogP contribution in [0.25, 0.3) is 11.3 Å². The van der Waals surface area contributed by atoms with Crippen LogP contribution in [0.5, 0.6) is 11.5 Å². The van der Waals surface area contributed by atoms with E-state index in [-0.39, 0.29) is 0 Å². The van der Waals surface area contributed by atoms with Crippen LogP contribution in [-0.4, -0.2) is 24.0 Å². The highest BCUT2D eigenvalue weighted by atomic mass is 16.5. The van der Waals surface area contributed by atoms with Crippen molar-refractivity contribution in [1.82, 2.24) is 9.78 Å². The van der Waals surface area contributed by atoms with Crippen molar-refractivity contribution in [3.05, 3.63) is 30.0 Å². The van der Waals surface area contributed by atoms with Crippen molar-refractivity contribution >= 4 is 0 Å². The summed E-state index contributed by atoms with van der Waals surface area (Å²) in [4.78, 5) is 0. The molecule has 18 heavy (non-hydrogen) atoms. The summed E-state index contributed by atoms with van der Waals surface area (Å²) in [5.74, 6) is 1.53. The van der Waals surface area contributed by atoms with Gasteiger partial charge in [-0.25, -0.2) is 0 Å². The molecule has 0 aliphatic rings. The lowest BCUT2D eigenvalue weighted by Gasteiger charge is -2.08. The molecular weight excluding hydrogens is 230 g/mol. The molecule has 0 saturated heterocycles. The summed E-state index contributed by atoms with van der Waals surface area (Å²) in [6.45, 7) is 0.454. The van der Waals surface area contributed by atoms with Gasteiger partial charge in [-0.15, -0.1) is 0 Å². The second kappa shape index (κ2) is 5.10. The maximum absolute atomic E-state index is 5.65. The van der Waals surface area contributed by atoms with Gasteiger partial charge in [-0.1, -0.05) is 0 Å². The Balaban J connectivity index is 2.53. The third-order valence-corrected chi connectivity index (χ3v) is 2.87. The van der Waals surface area contributed by atoms with Gasteiger partial charge in [0.2, 0.25) is 0 Å². The lowest BCUT2D eigenvalue weighted by Crippen LogP contribution is -2.03. The largest absolute Gasteiger partial charge is 0.497 e. The number of methoxy groups -OCH3 is 2. The molecule has 1 aromatic heterocycles. The standard InChI is InChI=1S/C13H17N3O2/c1-16-9(8-14)6-12(15-16)11-7-10(17-2)4-5-13(11)18-3/h4-7H,8,14H2,1-3H3. The van der Waals surface area contributed by atoms with Gasteiger partial charge in [-0.05, 0) is 24.3 Å². The zero-order valence-corrected chi connectivity index (χ0v) is 10.8. The first-order valence-corrected chi connectivity index (χ1v) is 5.65. The number of hydrogen-bond acceptors (Lipinski definition) is 4. The molecule has 0 unspecified atom stereocenters. The smallest absolute Gasteiger partial charge is 0.128 e. The molecular formula is C13H17N3O2. The molecule has 96 valence electrons. The van der Waals surface area contributed by atoms with Crippen LogP contribution in [0.3, 0.4) is 0 Å². The molecule has 2 aromatic rings. The van der Waals surface area contributed by atoms with E-state index in [0.29, 0.717) is 6.54 Å². The van der Waals surface area contributed by atoms with Crippen LogP contribution >= 0.6 is 0 Å². The highest BCUT2D eigenvalue weighted by Gasteiger charge is 2.12. The van der Waals surface area contributed by atoms with E-state index in [9.17, 15) is 0 Å². The lowest BCUT2D eigenvalue weighted by molar-refractivity contribution is 0.404. The molecule has 0 fully saturated rings. The Labute approximate surface area is 106 Å². The van der Waals surface area contributed by atoms with Crippen LogP contribution in [0.15, 0.2) is 24.3 Å². The zero-order chi connectivity index (χ0) is 13.1. The summed E-state index contributed by atoms with van der Waals surface area (Å²) in [6, 6.07) is 7.58. The average molecular weight is 247 g/mol. The van der Waals surface area contributed by atoms with E-state index < -0.39 is 0 Å². The van der Waals surface area contributed by atoms with Gasteiger partial charge in [0.15, 0.2) is 0 Å². The van der Waals surface area contributed by atoms with Gasteiger partial charge in [0.05, 0.1) is 25.6 Å². The summed E-state index contributed by atoms with van der Waals surface area (Å²) in [6.07, 6.45) is 0. The SMILES string of the molecule is COc1ccc(OC)c(-c2cc(CN)n(C)n2)c1. The summed E-state index contributed by atoms with van der Waals surface area (Å²) >= 11 is 0. The van der Waals surface area contributed by atoms with Gasteiger partial charge in [-0.2, -0.15) is 5.10 Å². The molecule has 0 atom stereocenters. The van der Waals surface area contributed by atoms with Crippen LogP contribution < -0.4 is 15.2 Å². The van der Waals surface area contributed by atoms with Crippen LogP contribution in [-0.2, 0) is 13.6 Å². The van der Waals surface area contributed by atoms with E-state index >= 15 is 0 Å². The number of benzene rings is 1. The zero-order valence-electron chi connectivity index (χ0n) is 10.8. The molecule has 0 aliphatic carbocycles. The van der Waals surface area contributed by atoms with E-state index in [1.54, 1.807) is 18.9 Å². The average Bonchev–Trinajstić information content (AvgIpc) is 2.79. The predicted octanol–water partition coefficient (Wildman–Crippen LogP) is 1.56. The molecule has 5 nitrogen and oxygen atoms in total. The summed E-state index contributed by atoms with van der Waals surface area (Å²) in [5, 5.41) is 4.44. The molecule has 0 radical (unpaired) electrons. The van der Waals surface area contributed by atoms with Crippen molar-refractivity contribution in [2.45, 2.75) is 6.54 Å². The van der Waals surface area contributed by atoms with Gasteiger partial charge in [0.1, 0.15) is 11.5 Å². The van der Waals surface area contributed by atoms with Gasteiger partial charge in [0, 0.05) is 19.2 Å². The van der Waals surface area contributed by atoms with E-state index in [1.165, 1.54) is 0 Å². The Morgan fingerprint density at radius 1 is 1.22 bits per heavy atom. The van der Waals surface area contributed by atoms with Gasteiger partial charge in [0.25, 0.3) is 0 Å². The monoisotopic (exact) mass is 247 g/mol. The van der Waals surface area contributed by atoms with E-state index in [2.05, 4.69) is 5.10 Å². The Bertz CT molecular complexity index is 549. The third kappa shape index (κ3) is 2.17. The normalized spacial score (nSPS) is 10.4. The maximum atomic E-state index is 5.65. The van der Waals surface area contributed by atoms with Crippen molar-refractivity contribution in [2.75, 3.05) is 14.2 Å². The fourth-order valence-corrected chi connectivity index (χ4v) is 1.84. The minimum absolute atomic E-state index is 0.454. The number of rotatable bonds is 4. The molecule has 5 heteroatoms. The molecule has 1 aromatic carbocycles. The van der Waals surface area contributed by atoms with Crippen LogP contribution in [0, 0.1) is 0 Å². The second-order valence-electron chi connectivity index (χ2n) is 3.91. The lowest BCUT2D eigenvalue weighted by atomic mass is 10.1. The molecule has 0 saturated carbocycles. The van der Waals surface area contributed by atoms with E-state index in [1.807, 2.05) is 31.3 Å². The number of ether oxygens (including phenoxy) is 2. The number of nitrogens with two attached hydrogens (primary N) is 1. The van der Waals surface area contributed by atoms with Crippen LogP contribution in [0.2, 0.25) is 0 Å². The first-order valence-electron chi connectivity index (χ1n) is 5.65. The summed E-state index contributed by atoms with van der Waals surface area (Å²) in [7, 11) is 5.14. The first-order chi connectivity index (χ1) is 8.69. The van der Waals surface area contributed by atoms with Gasteiger partial charge < -0.3 is 15.2 Å². The quantitative estimate of drug-likeness (QED) is 0.890. The molecule has 1 heterocycles. The minimum atomic E-state index is 0.454. The van der Waals surface area contributed by atoms with Crippen LogP contribution in [0.1, 0.15) is 5.69 Å². The molecule has 0 aliphatic heterocycles. The molecule has 2 N–H and O–H groups in total. The minimum Gasteiger partial charge on any atom is -0.497 e.